The fourth-order valence-corrected chi connectivity index (χ4v) is 4.46. The molecule has 3 aliphatic rings. The number of Topliss-reactive ketones (excluding diaryl/α,β-unsaturated/α-hetero) is 2. The number of hydrogen-bond acceptors (Lipinski definition) is 3. The lowest BCUT2D eigenvalue weighted by atomic mass is 9.90. The Bertz CT molecular complexity index is 736. The highest BCUT2D eigenvalue weighted by molar-refractivity contribution is 6.07. The van der Waals surface area contributed by atoms with Gasteiger partial charge < -0.3 is 4.90 Å². The first-order chi connectivity index (χ1) is 11.5. The highest BCUT2D eigenvalue weighted by Crippen LogP contribution is 2.40. The van der Waals surface area contributed by atoms with Gasteiger partial charge in [-0.3, -0.25) is 14.4 Å². The van der Waals surface area contributed by atoms with E-state index in [2.05, 4.69) is 0 Å². The van der Waals surface area contributed by atoms with Crippen molar-refractivity contribution in [1.29, 1.82) is 0 Å². The Morgan fingerprint density at radius 2 is 1.79 bits per heavy atom. The van der Waals surface area contributed by atoms with Gasteiger partial charge in [-0.1, -0.05) is 12.8 Å². The number of hydrogen-bond donors (Lipinski definition) is 0. The molecule has 1 amide bonds. The number of carbonyl (C=O) groups excluding carboxylic acids is 3. The van der Waals surface area contributed by atoms with Crippen LogP contribution < -0.4 is 0 Å². The average molecular weight is 329 g/mol. The largest absolute Gasteiger partial charge is 0.324 e. The number of nitrogens with zero attached hydrogens (tertiary/aromatic N) is 1. The second-order valence-corrected chi connectivity index (χ2v) is 7.17. The predicted octanol–water partition coefficient (Wildman–Crippen LogP) is 3.13. The maximum absolute atomic E-state index is 14.1. The van der Waals surface area contributed by atoms with Crippen LogP contribution in [-0.2, 0) is 16.1 Å². The fraction of sp³-hybridized carbons (Fsp3) is 0.526. The number of benzene rings is 1. The predicted molar refractivity (Wildman–Crippen MR) is 85.1 cm³/mol. The minimum atomic E-state index is -0.540. The fourth-order valence-electron chi connectivity index (χ4n) is 4.46. The summed E-state index contributed by atoms with van der Waals surface area (Å²) in [5, 5.41) is 0. The molecule has 0 saturated heterocycles. The second kappa shape index (κ2) is 5.80. The smallest absolute Gasteiger partial charge is 0.255 e. The molecular formula is C19H20FNO3. The lowest BCUT2D eigenvalue weighted by Crippen LogP contribution is -2.44. The maximum Gasteiger partial charge on any atom is 0.255 e. The maximum atomic E-state index is 14.1. The molecule has 1 aromatic rings. The van der Waals surface area contributed by atoms with Crippen molar-refractivity contribution in [3.8, 4) is 0 Å². The van der Waals surface area contributed by atoms with E-state index in [9.17, 15) is 18.8 Å². The Labute approximate surface area is 140 Å². The highest BCUT2D eigenvalue weighted by Gasteiger charge is 2.40. The van der Waals surface area contributed by atoms with Gasteiger partial charge in [0.25, 0.3) is 5.91 Å². The summed E-state index contributed by atoms with van der Waals surface area (Å²) in [5.74, 6) is -0.577. The Balaban J connectivity index is 1.68. The molecule has 0 spiro atoms. The molecular weight excluding hydrogens is 309 g/mol. The SMILES string of the molecule is O=C1CCC(N2Cc3c(cc(F)cc3C3CCCC3)C2=O)C(=O)C1. The number of halogens is 1. The van der Waals surface area contributed by atoms with Gasteiger partial charge in [0, 0.05) is 18.5 Å². The van der Waals surface area contributed by atoms with E-state index in [4.69, 9.17) is 0 Å². The number of carbonyl (C=O) groups is 3. The topological polar surface area (TPSA) is 54.5 Å². The summed E-state index contributed by atoms with van der Waals surface area (Å²) in [7, 11) is 0. The first-order valence-electron chi connectivity index (χ1n) is 8.72. The zero-order valence-electron chi connectivity index (χ0n) is 13.5. The number of rotatable bonds is 2. The van der Waals surface area contributed by atoms with Gasteiger partial charge in [0.1, 0.15) is 11.6 Å². The van der Waals surface area contributed by atoms with E-state index >= 15 is 0 Å². The Morgan fingerprint density at radius 1 is 1.04 bits per heavy atom. The standard InChI is InChI=1S/C19H20FNO3/c20-12-7-14(11-3-1-2-4-11)16-10-21(19(24)15(16)8-12)17-6-5-13(22)9-18(17)23/h7-8,11,17H,1-6,9-10H2. The Kier molecular flexibility index (Phi) is 3.74. The molecule has 0 aromatic heterocycles. The van der Waals surface area contributed by atoms with Crippen LogP contribution >= 0.6 is 0 Å². The van der Waals surface area contributed by atoms with Crippen molar-refractivity contribution in [2.75, 3.05) is 0 Å². The van der Waals surface area contributed by atoms with E-state index in [0.717, 1.165) is 36.8 Å². The minimum absolute atomic E-state index is 0.0573. The summed E-state index contributed by atoms with van der Waals surface area (Å²) < 4.78 is 14.1. The van der Waals surface area contributed by atoms with Crippen LogP contribution in [0, 0.1) is 5.82 Å². The lowest BCUT2D eigenvalue weighted by molar-refractivity contribution is -0.133. The van der Waals surface area contributed by atoms with Crippen molar-refractivity contribution < 1.29 is 18.8 Å². The van der Waals surface area contributed by atoms with E-state index in [1.807, 2.05) is 0 Å². The summed E-state index contributed by atoms with van der Waals surface area (Å²) >= 11 is 0. The molecule has 1 aromatic carbocycles. The molecule has 5 heteroatoms. The minimum Gasteiger partial charge on any atom is -0.324 e. The van der Waals surface area contributed by atoms with Crippen molar-refractivity contribution in [2.24, 2.45) is 0 Å². The van der Waals surface area contributed by atoms with E-state index in [1.54, 1.807) is 11.0 Å². The molecule has 0 radical (unpaired) electrons. The van der Waals surface area contributed by atoms with E-state index in [0.29, 0.717) is 30.9 Å². The van der Waals surface area contributed by atoms with Crippen molar-refractivity contribution in [1.82, 2.24) is 4.90 Å². The van der Waals surface area contributed by atoms with Crippen LogP contribution in [0.5, 0.6) is 0 Å². The molecule has 2 saturated carbocycles. The molecule has 1 atom stereocenters. The quantitative estimate of drug-likeness (QED) is 0.783. The molecule has 0 bridgehead atoms. The molecule has 0 N–H and O–H groups in total. The van der Waals surface area contributed by atoms with Crippen LogP contribution in [0.1, 0.15) is 72.3 Å². The summed E-state index contributed by atoms with van der Waals surface area (Å²) in [6, 6.07) is 2.33. The Hall–Kier alpha value is -2.04. The molecule has 1 aliphatic heterocycles. The molecule has 4 rings (SSSR count). The molecule has 24 heavy (non-hydrogen) atoms. The summed E-state index contributed by atoms with van der Waals surface area (Å²) in [4.78, 5) is 38.0. The van der Waals surface area contributed by atoms with E-state index in [-0.39, 0.29) is 29.7 Å². The number of ketones is 2. The highest BCUT2D eigenvalue weighted by atomic mass is 19.1. The summed E-state index contributed by atoms with van der Waals surface area (Å²) in [6.07, 6.45) is 4.96. The van der Waals surface area contributed by atoms with Crippen LogP contribution in [0.2, 0.25) is 0 Å². The first-order valence-corrected chi connectivity index (χ1v) is 8.72. The van der Waals surface area contributed by atoms with Gasteiger partial charge in [0.15, 0.2) is 5.78 Å². The van der Waals surface area contributed by atoms with E-state index < -0.39 is 6.04 Å². The summed E-state index contributed by atoms with van der Waals surface area (Å²) in [5.41, 5.74) is 2.23. The normalized spacial score (nSPS) is 24.8. The van der Waals surface area contributed by atoms with Crippen LogP contribution in [0.4, 0.5) is 4.39 Å². The number of fused-ring (bicyclic) bond motifs is 1. The second-order valence-electron chi connectivity index (χ2n) is 7.17. The Morgan fingerprint density at radius 3 is 2.50 bits per heavy atom. The number of amides is 1. The van der Waals surface area contributed by atoms with Gasteiger partial charge in [0.2, 0.25) is 0 Å². The van der Waals surface area contributed by atoms with Crippen LogP contribution in [-0.4, -0.2) is 28.4 Å². The lowest BCUT2D eigenvalue weighted by Gasteiger charge is -2.29. The third-order valence-electron chi connectivity index (χ3n) is 5.68. The molecule has 126 valence electrons. The van der Waals surface area contributed by atoms with Gasteiger partial charge in [-0.2, -0.15) is 0 Å². The van der Waals surface area contributed by atoms with Gasteiger partial charge in [-0.25, -0.2) is 4.39 Å². The average Bonchev–Trinajstić information content (AvgIpc) is 3.17. The molecule has 2 aliphatic carbocycles. The molecule has 1 heterocycles. The monoisotopic (exact) mass is 329 g/mol. The third-order valence-corrected chi connectivity index (χ3v) is 5.68. The van der Waals surface area contributed by atoms with Crippen molar-refractivity contribution in [3.05, 3.63) is 34.6 Å². The first kappa shape index (κ1) is 15.5. The third kappa shape index (κ3) is 2.46. The van der Waals surface area contributed by atoms with Gasteiger partial charge in [-0.15, -0.1) is 0 Å². The van der Waals surface area contributed by atoms with Crippen molar-refractivity contribution in [2.45, 2.75) is 63.5 Å². The molecule has 1 unspecified atom stereocenters. The van der Waals surface area contributed by atoms with E-state index in [1.165, 1.54) is 6.07 Å². The molecule has 2 fully saturated rings. The van der Waals surface area contributed by atoms with Gasteiger partial charge in [0.05, 0.1) is 12.5 Å². The van der Waals surface area contributed by atoms with Crippen molar-refractivity contribution >= 4 is 17.5 Å². The van der Waals surface area contributed by atoms with Crippen LogP contribution in [0.3, 0.4) is 0 Å². The van der Waals surface area contributed by atoms with Crippen molar-refractivity contribution in [3.63, 3.8) is 0 Å². The summed E-state index contributed by atoms with van der Waals surface area (Å²) in [6.45, 7) is 0.366. The molecule has 4 nitrogen and oxygen atoms in total. The van der Waals surface area contributed by atoms with Crippen LogP contribution in [0.25, 0.3) is 0 Å². The van der Waals surface area contributed by atoms with Gasteiger partial charge >= 0.3 is 0 Å². The zero-order valence-corrected chi connectivity index (χ0v) is 13.5. The zero-order chi connectivity index (χ0) is 16.8. The van der Waals surface area contributed by atoms with Gasteiger partial charge in [-0.05, 0) is 48.4 Å². The van der Waals surface area contributed by atoms with Crippen LogP contribution in [0.15, 0.2) is 12.1 Å².